The van der Waals surface area contributed by atoms with Crippen molar-refractivity contribution in [3.8, 4) is 0 Å². The number of benzene rings is 1. The summed E-state index contributed by atoms with van der Waals surface area (Å²) >= 11 is 0. The molecule has 0 aliphatic carbocycles. The second-order valence-electron chi connectivity index (χ2n) is 4.11. The number of rotatable bonds is 7. The van der Waals surface area contributed by atoms with Gasteiger partial charge in [0, 0.05) is 6.54 Å². The van der Waals surface area contributed by atoms with Gasteiger partial charge >= 0.3 is 5.97 Å². The predicted molar refractivity (Wildman–Crippen MR) is 69.6 cm³/mol. The van der Waals surface area contributed by atoms with Gasteiger partial charge in [0.1, 0.15) is 6.61 Å². The lowest BCUT2D eigenvalue weighted by Crippen LogP contribution is -2.28. The highest BCUT2D eigenvalue weighted by Crippen LogP contribution is 2.15. The second kappa shape index (κ2) is 6.65. The molecule has 1 aromatic carbocycles. The van der Waals surface area contributed by atoms with Gasteiger partial charge in [-0.2, -0.15) is 0 Å². The molecule has 7 heteroatoms. The fourth-order valence-electron chi connectivity index (χ4n) is 1.59. The Morgan fingerprint density at radius 1 is 1.37 bits per heavy atom. The Balaban J connectivity index is 2.59. The van der Waals surface area contributed by atoms with Crippen molar-refractivity contribution in [3.05, 3.63) is 29.3 Å². The van der Waals surface area contributed by atoms with Gasteiger partial charge in [0.15, 0.2) is 0 Å². The van der Waals surface area contributed by atoms with Crippen LogP contribution in [-0.4, -0.2) is 39.3 Å². The minimum atomic E-state index is -3.59. The molecule has 0 heterocycles. The van der Waals surface area contributed by atoms with Crippen LogP contribution in [0.1, 0.15) is 11.1 Å². The summed E-state index contributed by atoms with van der Waals surface area (Å²) < 4.78 is 31.1. The van der Waals surface area contributed by atoms with Gasteiger partial charge in [0.2, 0.25) is 10.0 Å². The van der Waals surface area contributed by atoms with Crippen molar-refractivity contribution in [3.63, 3.8) is 0 Å². The van der Waals surface area contributed by atoms with Crippen LogP contribution in [0.25, 0.3) is 0 Å². The van der Waals surface area contributed by atoms with Crippen LogP contribution in [0.15, 0.2) is 23.1 Å². The van der Waals surface area contributed by atoms with E-state index in [1.54, 1.807) is 25.1 Å². The lowest BCUT2D eigenvalue weighted by molar-refractivity contribution is -0.142. The van der Waals surface area contributed by atoms with Crippen LogP contribution in [0.3, 0.4) is 0 Å². The van der Waals surface area contributed by atoms with Crippen LogP contribution < -0.4 is 4.72 Å². The third kappa shape index (κ3) is 4.98. The second-order valence-corrected chi connectivity index (χ2v) is 5.85. The molecular weight excluding hydrogens is 270 g/mol. The van der Waals surface area contributed by atoms with E-state index >= 15 is 0 Å². The van der Waals surface area contributed by atoms with Gasteiger partial charge in [0.05, 0.1) is 11.5 Å². The van der Waals surface area contributed by atoms with E-state index in [1.807, 2.05) is 6.92 Å². The van der Waals surface area contributed by atoms with Gasteiger partial charge in [-0.25, -0.2) is 17.9 Å². The average molecular weight is 287 g/mol. The van der Waals surface area contributed by atoms with Gasteiger partial charge in [-0.3, -0.25) is 0 Å². The zero-order valence-electron chi connectivity index (χ0n) is 10.8. The van der Waals surface area contributed by atoms with Crippen molar-refractivity contribution in [2.45, 2.75) is 18.7 Å². The molecule has 0 amide bonds. The van der Waals surface area contributed by atoms with Crippen molar-refractivity contribution in [1.29, 1.82) is 0 Å². The molecule has 0 bridgehead atoms. The van der Waals surface area contributed by atoms with E-state index in [9.17, 15) is 13.2 Å². The van der Waals surface area contributed by atoms with Crippen LogP contribution in [0.2, 0.25) is 0 Å². The van der Waals surface area contributed by atoms with Crippen LogP contribution in [-0.2, 0) is 19.6 Å². The van der Waals surface area contributed by atoms with Gasteiger partial charge in [-0.05, 0) is 25.5 Å². The maximum atomic E-state index is 12.0. The number of nitrogens with one attached hydrogen (secondary N) is 1. The summed E-state index contributed by atoms with van der Waals surface area (Å²) in [5.41, 5.74) is 1.65. The quantitative estimate of drug-likeness (QED) is 0.719. The standard InChI is InChI=1S/C12H17NO5S/c1-9-3-4-11(10(2)7-9)19(16,17)13-5-6-18-8-12(14)15/h3-4,7,13H,5-6,8H2,1-2H3,(H,14,15). The van der Waals surface area contributed by atoms with Crippen molar-refractivity contribution >= 4 is 16.0 Å². The molecule has 0 atom stereocenters. The number of carboxylic acids is 1. The molecule has 2 N–H and O–H groups in total. The molecule has 0 spiro atoms. The number of aliphatic carboxylic acids is 1. The average Bonchev–Trinajstić information content (AvgIpc) is 2.27. The smallest absolute Gasteiger partial charge is 0.329 e. The molecule has 0 saturated carbocycles. The predicted octanol–water partition coefficient (Wildman–Crippen LogP) is 0.683. The first-order valence-corrected chi connectivity index (χ1v) is 7.17. The number of sulfonamides is 1. The Bertz CT molecular complexity index is 553. The first kappa shape index (κ1) is 15.6. The fourth-order valence-corrected chi connectivity index (χ4v) is 2.82. The number of hydrogen-bond acceptors (Lipinski definition) is 4. The molecule has 1 aromatic rings. The molecule has 106 valence electrons. The van der Waals surface area contributed by atoms with E-state index in [0.29, 0.717) is 5.56 Å². The zero-order chi connectivity index (χ0) is 14.5. The summed E-state index contributed by atoms with van der Waals surface area (Å²) in [6, 6.07) is 5.06. The van der Waals surface area contributed by atoms with E-state index in [-0.39, 0.29) is 18.0 Å². The first-order valence-electron chi connectivity index (χ1n) is 5.69. The van der Waals surface area contributed by atoms with Crippen LogP contribution in [0, 0.1) is 13.8 Å². The van der Waals surface area contributed by atoms with Gasteiger partial charge < -0.3 is 9.84 Å². The van der Waals surface area contributed by atoms with E-state index < -0.39 is 22.6 Å². The Kier molecular flexibility index (Phi) is 5.46. The summed E-state index contributed by atoms with van der Waals surface area (Å²) in [6.07, 6.45) is 0. The molecule has 0 aliphatic rings. The summed E-state index contributed by atoms with van der Waals surface area (Å²) in [7, 11) is -3.59. The normalized spacial score (nSPS) is 11.5. The molecule has 1 rings (SSSR count). The van der Waals surface area contributed by atoms with E-state index in [0.717, 1.165) is 5.56 Å². The third-order valence-corrected chi connectivity index (χ3v) is 4.01. The molecule has 0 radical (unpaired) electrons. The highest BCUT2D eigenvalue weighted by Gasteiger charge is 2.15. The van der Waals surface area contributed by atoms with Crippen molar-refractivity contribution in [2.75, 3.05) is 19.8 Å². The Labute approximate surface area is 112 Å². The maximum Gasteiger partial charge on any atom is 0.329 e. The Hall–Kier alpha value is -1.44. The summed E-state index contributed by atoms with van der Waals surface area (Å²) in [4.78, 5) is 10.4. The topological polar surface area (TPSA) is 92.7 Å². The summed E-state index contributed by atoms with van der Waals surface area (Å²) in [5, 5.41) is 8.35. The summed E-state index contributed by atoms with van der Waals surface area (Å²) in [6.45, 7) is 3.21. The maximum absolute atomic E-state index is 12.0. The highest BCUT2D eigenvalue weighted by molar-refractivity contribution is 7.89. The summed E-state index contributed by atoms with van der Waals surface area (Å²) in [5.74, 6) is -1.09. The van der Waals surface area contributed by atoms with Crippen LogP contribution in [0.4, 0.5) is 0 Å². The van der Waals surface area contributed by atoms with E-state index in [1.165, 1.54) is 0 Å². The fraction of sp³-hybridized carbons (Fsp3) is 0.417. The number of aryl methyl sites for hydroxylation is 2. The largest absolute Gasteiger partial charge is 0.480 e. The molecule has 0 saturated heterocycles. The van der Waals surface area contributed by atoms with E-state index in [2.05, 4.69) is 4.72 Å². The molecule has 19 heavy (non-hydrogen) atoms. The van der Waals surface area contributed by atoms with Crippen LogP contribution >= 0.6 is 0 Å². The van der Waals surface area contributed by atoms with Crippen molar-refractivity contribution in [2.24, 2.45) is 0 Å². The monoisotopic (exact) mass is 287 g/mol. The zero-order valence-corrected chi connectivity index (χ0v) is 11.7. The molecule has 6 nitrogen and oxygen atoms in total. The number of ether oxygens (including phenoxy) is 1. The molecule has 0 unspecified atom stereocenters. The van der Waals surface area contributed by atoms with Crippen LogP contribution in [0.5, 0.6) is 0 Å². The number of carbonyl (C=O) groups is 1. The molecule has 0 fully saturated rings. The minimum absolute atomic E-state index is 0.0104. The first-order chi connectivity index (χ1) is 8.83. The van der Waals surface area contributed by atoms with Crippen molar-refractivity contribution in [1.82, 2.24) is 4.72 Å². The molecule has 0 aliphatic heterocycles. The lowest BCUT2D eigenvalue weighted by Gasteiger charge is -2.09. The molecular formula is C12H17NO5S. The minimum Gasteiger partial charge on any atom is -0.480 e. The Morgan fingerprint density at radius 3 is 2.63 bits per heavy atom. The highest BCUT2D eigenvalue weighted by atomic mass is 32.2. The van der Waals surface area contributed by atoms with Crippen molar-refractivity contribution < 1.29 is 23.1 Å². The lowest BCUT2D eigenvalue weighted by atomic mass is 10.2. The molecule has 0 aromatic heterocycles. The van der Waals surface area contributed by atoms with E-state index in [4.69, 9.17) is 9.84 Å². The third-order valence-electron chi connectivity index (χ3n) is 2.38. The van der Waals surface area contributed by atoms with Gasteiger partial charge in [-0.15, -0.1) is 0 Å². The Morgan fingerprint density at radius 2 is 2.05 bits per heavy atom. The number of hydrogen-bond donors (Lipinski definition) is 2. The van der Waals surface area contributed by atoms with Gasteiger partial charge in [-0.1, -0.05) is 17.7 Å². The number of carboxylic acid groups (broad SMARTS) is 1. The SMILES string of the molecule is Cc1ccc(S(=O)(=O)NCCOCC(=O)O)c(C)c1. The van der Waals surface area contributed by atoms with Gasteiger partial charge in [0.25, 0.3) is 0 Å².